The molecule has 0 spiro atoms. The normalized spacial score (nSPS) is 14.4. The number of hydrogen-bond donors (Lipinski definition) is 1. The highest BCUT2D eigenvalue weighted by atomic mass is 35.5. The molecular formula is C8H9ClN2OS2. The molecule has 3 nitrogen and oxygen atoms in total. The van der Waals surface area contributed by atoms with Gasteiger partial charge in [0.25, 0.3) is 5.91 Å². The van der Waals surface area contributed by atoms with Gasteiger partial charge in [0, 0.05) is 5.75 Å². The average Bonchev–Trinajstić information content (AvgIpc) is 2.74. The van der Waals surface area contributed by atoms with Crippen molar-refractivity contribution < 1.29 is 4.79 Å². The lowest BCUT2D eigenvalue weighted by Crippen LogP contribution is -2.26. The van der Waals surface area contributed by atoms with Crippen LogP contribution in [0.1, 0.15) is 9.67 Å². The van der Waals surface area contributed by atoms with Gasteiger partial charge in [0.15, 0.2) is 5.17 Å². The minimum atomic E-state index is -0.0526. The second kappa shape index (κ2) is 5.38. The first-order chi connectivity index (χ1) is 6.36. The van der Waals surface area contributed by atoms with E-state index in [0.29, 0.717) is 0 Å². The maximum atomic E-state index is 11.5. The lowest BCUT2D eigenvalue weighted by atomic mass is 10.4. The zero-order valence-corrected chi connectivity index (χ0v) is 9.68. The molecule has 0 aliphatic carbocycles. The van der Waals surface area contributed by atoms with E-state index in [0.717, 1.165) is 22.3 Å². The minimum Gasteiger partial charge on any atom is -0.301 e. The highest BCUT2D eigenvalue weighted by Gasteiger charge is 2.12. The number of thiophene rings is 1. The molecule has 2 rings (SSSR count). The third-order valence-electron chi connectivity index (χ3n) is 1.55. The summed E-state index contributed by atoms with van der Waals surface area (Å²) < 4.78 is 0. The van der Waals surface area contributed by atoms with Gasteiger partial charge in [0.1, 0.15) is 0 Å². The van der Waals surface area contributed by atoms with Crippen molar-refractivity contribution in [1.82, 2.24) is 5.32 Å². The van der Waals surface area contributed by atoms with Gasteiger partial charge in [0.2, 0.25) is 0 Å². The summed E-state index contributed by atoms with van der Waals surface area (Å²) in [5, 5.41) is 5.40. The van der Waals surface area contributed by atoms with Gasteiger partial charge in [-0.1, -0.05) is 17.8 Å². The molecule has 0 bridgehead atoms. The number of rotatable bonds is 1. The van der Waals surface area contributed by atoms with Crippen LogP contribution < -0.4 is 5.32 Å². The van der Waals surface area contributed by atoms with Crippen LogP contribution in [0.3, 0.4) is 0 Å². The van der Waals surface area contributed by atoms with Crippen LogP contribution in [0.15, 0.2) is 22.5 Å². The maximum absolute atomic E-state index is 11.5. The summed E-state index contributed by atoms with van der Waals surface area (Å²) in [4.78, 5) is 16.3. The van der Waals surface area contributed by atoms with E-state index >= 15 is 0 Å². The van der Waals surface area contributed by atoms with Crippen molar-refractivity contribution in [2.45, 2.75) is 0 Å². The molecule has 0 radical (unpaired) electrons. The van der Waals surface area contributed by atoms with Crippen LogP contribution in [0.25, 0.3) is 0 Å². The Morgan fingerprint density at radius 2 is 2.43 bits per heavy atom. The topological polar surface area (TPSA) is 41.5 Å². The largest absolute Gasteiger partial charge is 0.301 e. The van der Waals surface area contributed by atoms with E-state index in [-0.39, 0.29) is 18.3 Å². The number of carbonyl (C=O) groups excluding carboxylic acids is 1. The van der Waals surface area contributed by atoms with E-state index in [2.05, 4.69) is 10.3 Å². The van der Waals surface area contributed by atoms with Crippen molar-refractivity contribution >= 4 is 46.6 Å². The number of hydrogen-bond acceptors (Lipinski definition) is 4. The van der Waals surface area contributed by atoms with Crippen LogP contribution in [0.5, 0.6) is 0 Å². The van der Waals surface area contributed by atoms with Gasteiger partial charge >= 0.3 is 0 Å². The molecule has 0 aromatic carbocycles. The van der Waals surface area contributed by atoms with Crippen molar-refractivity contribution in [3.8, 4) is 0 Å². The Balaban J connectivity index is 0.000000980. The standard InChI is InChI=1S/C8H8N2OS2.ClH/c11-7(6-2-1-4-12-6)10-8-9-3-5-13-8;/h1-2,4H,3,5H2,(H,9,10,11);1H. The lowest BCUT2D eigenvalue weighted by molar-refractivity contribution is 0.0982. The maximum Gasteiger partial charge on any atom is 0.267 e. The monoisotopic (exact) mass is 248 g/mol. The van der Waals surface area contributed by atoms with Crippen molar-refractivity contribution in [2.75, 3.05) is 12.3 Å². The number of thioether (sulfide) groups is 1. The molecule has 1 aromatic rings. The molecule has 1 N–H and O–H groups in total. The van der Waals surface area contributed by atoms with E-state index in [4.69, 9.17) is 0 Å². The van der Waals surface area contributed by atoms with Crippen LogP contribution in [0, 0.1) is 0 Å². The molecule has 0 atom stereocenters. The summed E-state index contributed by atoms with van der Waals surface area (Å²) in [6.45, 7) is 0.810. The van der Waals surface area contributed by atoms with Gasteiger partial charge in [-0.2, -0.15) is 0 Å². The second-order valence-electron chi connectivity index (χ2n) is 2.47. The molecule has 1 aliphatic heterocycles. The highest BCUT2D eigenvalue weighted by molar-refractivity contribution is 8.14. The molecule has 1 aromatic heterocycles. The molecule has 1 amide bonds. The number of amidine groups is 1. The molecule has 0 saturated carbocycles. The molecule has 6 heteroatoms. The van der Waals surface area contributed by atoms with Crippen LogP contribution in [-0.2, 0) is 0 Å². The third kappa shape index (κ3) is 2.73. The van der Waals surface area contributed by atoms with Gasteiger partial charge in [-0.15, -0.1) is 23.7 Å². The van der Waals surface area contributed by atoms with Gasteiger partial charge in [-0.3, -0.25) is 9.79 Å². The first kappa shape index (κ1) is 11.6. The zero-order chi connectivity index (χ0) is 9.10. The van der Waals surface area contributed by atoms with E-state index in [1.807, 2.05) is 11.4 Å². The summed E-state index contributed by atoms with van der Waals surface area (Å²) >= 11 is 3.03. The summed E-state index contributed by atoms with van der Waals surface area (Å²) in [7, 11) is 0. The Hall–Kier alpha value is -0.520. The number of amides is 1. The van der Waals surface area contributed by atoms with Crippen molar-refractivity contribution in [2.24, 2.45) is 4.99 Å². The van der Waals surface area contributed by atoms with E-state index in [9.17, 15) is 4.79 Å². The summed E-state index contributed by atoms with van der Waals surface area (Å²) in [5.41, 5.74) is 0. The molecular weight excluding hydrogens is 240 g/mol. The van der Waals surface area contributed by atoms with Gasteiger partial charge in [0.05, 0.1) is 11.4 Å². The highest BCUT2D eigenvalue weighted by Crippen LogP contribution is 2.12. The van der Waals surface area contributed by atoms with Crippen LogP contribution in [0.4, 0.5) is 0 Å². The lowest BCUT2D eigenvalue weighted by Gasteiger charge is -2.00. The molecule has 0 saturated heterocycles. The average molecular weight is 249 g/mol. The number of nitrogens with one attached hydrogen (secondary N) is 1. The molecule has 0 unspecified atom stereocenters. The quantitative estimate of drug-likeness (QED) is 0.826. The fraction of sp³-hybridized carbons (Fsp3) is 0.250. The summed E-state index contributed by atoms with van der Waals surface area (Å²) in [6.07, 6.45) is 0. The Labute approximate surface area is 96.4 Å². The summed E-state index contributed by atoms with van der Waals surface area (Å²) in [6, 6.07) is 3.67. The fourth-order valence-corrected chi connectivity index (χ4v) is 2.32. The van der Waals surface area contributed by atoms with E-state index in [1.165, 1.54) is 11.3 Å². The predicted octanol–water partition coefficient (Wildman–Crippen LogP) is 2.00. The SMILES string of the molecule is Cl.O=C(NC1=NCCS1)c1cccs1. The smallest absolute Gasteiger partial charge is 0.267 e. The Morgan fingerprint density at radius 1 is 1.57 bits per heavy atom. The Morgan fingerprint density at radius 3 is 3.00 bits per heavy atom. The zero-order valence-electron chi connectivity index (χ0n) is 7.23. The number of carbonyl (C=O) groups is 1. The number of aliphatic imine (C=N–C) groups is 1. The van der Waals surface area contributed by atoms with E-state index in [1.54, 1.807) is 17.8 Å². The molecule has 1 aliphatic rings. The molecule has 76 valence electrons. The Bertz CT molecular complexity index is 337. The predicted molar refractivity (Wildman–Crippen MR) is 63.8 cm³/mol. The van der Waals surface area contributed by atoms with Crippen molar-refractivity contribution in [3.63, 3.8) is 0 Å². The van der Waals surface area contributed by atoms with Gasteiger partial charge < -0.3 is 5.32 Å². The van der Waals surface area contributed by atoms with Crippen molar-refractivity contribution in [3.05, 3.63) is 22.4 Å². The first-order valence-electron chi connectivity index (χ1n) is 3.88. The van der Waals surface area contributed by atoms with Gasteiger partial charge in [-0.05, 0) is 11.4 Å². The van der Waals surface area contributed by atoms with Crippen LogP contribution in [0.2, 0.25) is 0 Å². The third-order valence-corrected chi connectivity index (χ3v) is 3.31. The first-order valence-corrected chi connectivity index (χ1v) is 5.75. The number of halogens is 1. The van der Waals surface area contributed by atoms with Gasteiger partial charge in [-0.25, -0.2) is 0 Å². The summed E-state index contributed by atoms with van der Waals surface area (Å²) in [5.74, 6) is 0.920. The van der Waals surface area contributed by atoms with E-state index < -0.39 is 0 Å². The van der Waals surface area contributed by atoms with Crippen LogP contribution in [-0.4, -0.2) is 23.4 Å². The minimum absolute atomic E-state index is 0. The Kier molecular flexibility index (Phi) is 4.44. The fourth-order valence-electron chi connectivity index (χ4n) is 0.977. The van der Waals surface area contributed by atoms with Crippen molar-refractivity contribution in [1.29, 1.82) is 0 Å². The molecule has 14 heavy (non-hydrogen) atoms. The van der Waals surface area contributed by atoms with Crippen LogP contribution >= 0.6 is 35.5 Å². The second-order valence-corrected chi connectivity index (χ2v) is 4.50. The molecule has 2 heterocycles. The molecule has 0 fully saturated rings. The number of nitrogens with zero attached hydrogens (tertiary/aromatic N) is 1.